The number of benzene rings is 2. The third-order valence-electron chi connectivity index (χ3n) is 4.04. The Balaban J connectivity index is 1.67. The smallest absolute Gasteiger partial charge is 0.229 e. The molecule has 3 aromatic rings. The molecule has 0 aliphatic carbocycles. The number of hydrogen-bond acceptors (Lipinski definition) is 5. The van der Waals surface area contributed by atoms with Crippen molar-refractivity contribution in [3.8, 4) is 11.5 Å². The van der Waals surface area contributed by atoms with Gasteiger partial charge in [0, 0.05) is 23.6 Å². The van der Waals surface area contributed by atoms with Crippen molar-refractivity contribution < 1.29 is 14.3 Å². The molecule has 2 aromatic carbocycles. The molecule has 0 saturated carbocycles. The van der Waals surface area contributed by atoms with E-state index in [9.17, 15) is 4.79 Å². The number of amides is 1. The molecule has 0 aliphatic heterocycles. The predicted octanol–water partition coefficient (Wildman–Crippen LogP) is 3.92. The van der Waals surface area contributed by atoms with E-state index in [4.69, 9.17) is 21.1 Å². The van der Waals surface area contributed by atoms with Crippen LogP contribution in [0.15, 0.2) is 54.9 Å². The molecule has 0 radical (unpaired) electrons. The number of halogens is 1. The first-order valence-corrected chi connectivity index (χ1v) is 9.00. The summed E-state index contributed by atoms with van der Waals surface area (Å²) in [5, 5.41) is 3.48. The number of nitrogens with zero attached hydrogens (tertiary/aromatic N) is 2. The summed E-state index contributed by atoms with van der Waals surface area (Å²) >= 11 is 6.02. The van der Waals surface area contributed by atoms with Crippen LogP contribution >= 0.6 is 11.6 Å². The minimum absolute atomic E-state index is 0.168. The maximum atomic E-state index is 12.4. The third-order valence-corrected chi connectivity index (χ3v) is 4.28. The lowest BCUT2D eigenvalue weighted by atomic mass is 10.1. The zero-order chi connectivity index (χ0) is 19.9. The Hall–Kier alpha value is -3.12. The lowest BCUT2D eigenvalue weighted by Crippen LogP contribution is -2.16. The fourth-order valence-corrected chi connectivity index (χ4v) is 2.97. The van der Waals surface area contributed by atoms with Gasteiger partial charge in [-0.2, -0.15) is 0 Å². The second kappa shape index (κ2) is 9.19. The number of nitrogens with one attached hydrogen (secondary N) is 1. The molecule has 0 saturated heterocycles. The predicted molar refractivity (Wildman–Crippen MR) is 108 cm³/mol. The van der Waals surface area contributed by atoms with Crippen LogP contribution in [0.1, 0.15) is 16.8 Å². The van der Waals surface area contributed by atoms with Gasteiger partial charge in [-0.1, -0.05) is 23.7 Å². The lowest BCUT2D eigenvalue weighted by molar-refractivity contribution is -0.115. The van der Waals surface area contributed by atoms with Crippen LogP contribution in [0.25, 0.3) is 0 Å². The van der Waals surface area contributed by atoms with E-state index < -0.39 is 0 Å². The average molecular weight is 398 g/mol. The topological polar surface area (TPSA) is 73.3 Å². The van der Waals surface area contributed by atoms with Crippen molar-refractivity contribution in [2.75, 3.05) is 19.5 Å². The molecule has 144 valence electrons. The molecule has 0 aliphatic rings. The zero-order valence-electron chi connectivity index (χ0n) is 15.6. The minimum Gasteiger partial charge on any atom is -0.497 e. The van der Waals surface area contributed by atoms with Crippen LogP contribution in [0, 0.1) is 0 Å². The van der Waals surface area contributed by atoms with E-state index in [1.54, 1.807) is 38.5 Å². The van der Waals surface area contributed by atoms with Crippen LogP contribution in [0.5, 0.6) is 11.5 Å². The maximum absolute atomic E-state index is 12.4. The summed E-state index contributed by atoms with van der Waals surface area (Å²) in [4.78, 5) is 20.8. The van der Waals surface area contributed by atoms with E-state index in [1.807, 2.05) is 24.3 Å². The summed E-state index contributed by atoms with van der Waals surface area (Å²) in [6.45, 7) is 0. The second-order valence-electron chi connectivity index (χ2n) is 6.15. The molecule has 0 spiro atoms. The molecular formula is C21H20ClN3O3. The lowest BCUT2D eigenvalue weighted by Gasteiger charge is -2.09. The van der Waals surface area contributed by atoms with Crippen LogP contribution in [-0.2, 0) is 17.6 Å². The Morgan fingerprint density at radius 1 is 1.00 bits per heavy atom. The standard InChI is InChI=1S/C21H20ClN3O3/c1-27-18-8-15(9-19(12-18)28-2)10-21(26)25-20-11-17(23-13-24-20)7-14-4-3-5-16(22)6-14/h3-6,8-9,11-13H,7,10H2,1-2H3,(H,23,24,25,26). The van der Waals surface area contributed by atoms with Crippen molar-refractivity contribution >= 4 is 23.3 Å². The monoisotopic (exact) mass is 397 g/mol. The van der Waals surface area contributed by atoms with E-state index in [-0.39, 0.29) is 12.3 Å². The number of methoxy groups -OCH3 is 2. The first-order valence-electron chi connectivity index (χ1n) is 8.63. The van der Waals surface area contributed by atoms with Gasteiger partial charge in [0.25, 0.3) is 0 Å². The Bertz CT molecular complexity index is 956. The number of anilines is 1. The molecule has 7 heteroatoms. The maximum Gasteiger partial charge on any atom is 0.229 e. The fourth-order valence-electron chi connectivity index (χ4n) is 2.76. The number of carbonyl (C=O) groups is 1. The van der Waals surface area contributed by atoms with Gasteiger partial charge in [0.2, 0.25) is 5.91 Å². The number of hydrogen-bond donors (Lipinski definition) is 1. The van der Waals surface area contributed by atoms with E-state index in [0.29, 0.717) is 28.8 Å². The van der Waals surface area contributed by atoms with Gasteiger partial charge in [0.05, 0.1) is 26.3 Å². The van der Waals surface area contributed by atoms with Gasteiger partial charge >= 0.3 is 0 Å². The molecule has 1 amide bonds. The highest BCUT2D eigenvalue weighted by Gasteiger charge is 2.09. The summed E-state index contributed by atoms with van der Waals surface area (Å²) in [5.74, 6) is 1.52. The Labute approximate surface area is 168 Å². The van der Waals surface area contributed by atoms with Crippen LogP contribution in [-0.4, -0.2) is 30.1 Å². The quantitative estimate of drug-likeness (QED) is 0.654. The van der Waals surface area contributed by atoms with Gasteiger partial charge in [-0.25, -0.2) is 9.97 Å². The molecule has 1 heterocycles. The molecule has 0 bridgehead atoms. The summed E-state index contributed by atoms with van der Waals surface area (Å²) < 4.78 is 10.5. The first-order chi connectivity index (χ1) is 13.6. The number of rotatable bonds is 7. The number of aromatic nitrogens is 2. The number of ether oxygens (including phenoxy) is 2. The van der Waals surface area contributed by atoms with Gasteiger partial charge in [-0.05, 0) is 35.4 Å². The van der Waals surface area contributed by atoms with Crippen molar-refractivity contribution in [3.63, 3.8) is 0 Å². The number of carbonyl (C=O) groups excluding carboxylic acids is 1. The van der Waals surface area contributed by atoms with E-state index >= 15 is 0 Å². The summed E-state index contributed by atoms with van der Waals surface area (Å²) in [7, 11) is 3.14. The second-order valence-corrected chi connectivity index (χ2v) is 6.58. The van der Waals surface area contributed by atoms with Crippen molar-refractivity contribution in [3.05, 3.63) is 76.7 Å². The van der Waals surface area contributed by atoms with Crippen molar-refractivity contribution in [2.45, 2.75) is 12.8 Å². The summed E-state index contributed by atoms with van der Waals surface area (Å²) in [6, 6.07) is 14.7. The Kier molecular flexibility index (Phi) is 6.45. The molecule has 1 N–H and O–H groups in total. The average Bonchev–Trinajstić information content (AvgIpc) is 2.67. The minimum atomic E-state index is -0.192. The van der Waals surface area contributed by atoms with E-state index in [0.717, 1.165) is 16.8 Å². The Morgan fingerprint density at radius 2 is 1.75 bits per heavy atom. The highest BCUT2D eigenvalue weighted by molar-refractivity contribution is 6.30. The first kappa shape index (κ1) is 19.6. The van der Waals surface area contributed by atoms with Crippen LogP contribution in [0.3, 0.4) is 0 Å². The van der Waals surface area contributed by atoms with E-state index in [2.05, 4.69) is 15.3 Å². The largest absolute Gasteiger partial charge is 0.497 e. The Morgan fingerprint density at radius 3 is 2.43 bits per heavy atom. The summed E-state index contributed by atoms with van der Waals surface area (Å²) in [5.41, 5.74) is 2.60. The van der Waals surface area contributed by atoms with Gasteiger partial charge < -0.3 is 14.8 Å². The molecule has 0 fully saturated rings. The van der Waals surface area contributed by atoms with Crippen LogP contribution < -0.4 is 14.8 Å². The van der Waals surface area contributed by atoms with Gasteiger partial charge in [0.1, 0.15) is 23.6 Å². The van der Waals surface area contributed by atoms with Gasteiger partial charge in [-0.3, -0.25) is 4.79 Å². The molecular weight excluding hydrogens is 378 g/mol. The van der Waals surface area contributed by atoms with Gasteiger partial charge in [-0.15, -0.1) is 0 Å². The van der Waals surface area contributed by atoms with E-state index in [1.165, 1.54) is 6.33 Å². The zero-order valence-corrected chi connectivity index (χ0v) is 16.4. The van der Waals surface area contributed by atoms with Gasteiger partial charge in [0.15, 0.2) is 0 Å². The molecule has 0 unspecified atom stereocenters. The van der Waals surface area contributed by atoms with Crippen LogP contribution in [0.2, 0.25) is 5.02 Å². The van der Waals surface area contributed by atoms with Crippen LogP contribution in [0.4, 0.5) is 5.82 Å². The molecule has 0 atom stereocenters. The highest BCUT2D eigenvalue weighted by Crippen LogP contribution is 2.23. The van der Waals surface area contributed by atoms with Crippen molar-refractivity contribution in [1.29, 1.82) is 0 Å². The molecule has 6 nitrogen and oxygen atoms in total. The molecule has 1 aromatic heterocycles. The molecule has 28 heavy (non-hydrogen) atoms. The molecule has 3 rings (SSSR count). The normalized spacial score (nSPS) is 10.4. The highest BCUT2D eigenvalue weighted by atomic mass is 35.5. The fraction of sp³-hybridized carbons (Fsp3) is 0.190. The van der Waals surface area contributed by atoms with Crippen molar-refractivity contribution in [2.24, 2.45) is 0 Å². The van der Waals surface area contributed by atoms with Crippen molar-refractivity contribution in [1.82, 2.24) is 9.97 Å². The SMILES string of the molecule is COc1cc(CC(=O)Nc2cc(Cc3cccc(Cl)c3)ncn2)cc(OC)c1. The summed E-state index contributed by atoms with van der Waals surface area (Å²) in [6.07, 6.45) is 2.20. The third kappa shape index (κ3) is 5.44.